The lowest BCUT2D eigenvalue weighted by Gasteiger charge is -2.47. The van der Waals surface area contributed by atoms with Crippen LogP contribution in [0.15, 0.2) is 18.2 Å². The van der Waals surface area contributed by atoms with Crippen LogP contribution >= 0.6 is 0 Å². The van der Waals surface area contributed by atoms with E-state index in [0.29, 0.717) is 6.04 Å². The predicted molar refractivity (Wildman–Crippen MR) is 74.7 cm³/mol. The lowest BCUT2D eigenvalue weighted by Crippen LogP contribution is -2.54. The number of carbonyl (C=O) groups is 1. The van der Waals surface area contributed by atoms with Crippen molar-refractivity contribution >= 4 is 11.7 Å². The highest BCUT2D eigenvalue weighted by Crippen LogP contribution is 2.43. The summed E-state index contributed by atoms with van der Waals surface area (Å²) in [5.41, 5.74) is 3.24. The Labute approximate surface area is 113 Å². The van der Waals surface area contributed by atoms with Crippen molar-refractivity contribution in [3.05, 3.63) is 29.3 Å². The van der Waals surface area contributed by atoms with E-state index in [1.807, 2.05) is 12.1 Å². The number of hydrogen-bond acceptors (Lipinski definition) is 3. The van der Waals surface area contributed by atoms with Gasteiger partial charge < -0.3 is 15.3 Å². The van der Waals surface area contributed by atoms with Gasteiger partial charge in [-0.25, -0.2) is 0 Å². The number of carboxylic acid groups (broad SMARTS) is 1. The molecule has 0 spiro atoms. The van der Waals surface area contributed by atoms with Gasteiger partial charge in [-0.2, -0.15) is 0 Å². The lowest BCUT2D eigenvalue weighted by atomic mass is 9.74. The minimum Gasteiger partial charge on any atom is -0.481 e. The third-order valence-corrected chi connectivity index (χ3v) is 4.58. The number of nitrogens with zero attached hydrogens (tertiary/aromatic N) is 1. The number of anilines is 1. The van der Waals surface area contributed by atoms with Gasteiger partial charge >= 0.3 is 5.97 Å². The Bertz CT molecular complexity index is 515. The normalized spacial score (nSPS) is 29.6. The van der Waals surface area contributed by atoms with Crippen LogP contribution in [-0.2, 0) is 4.79 Å². The van der Waals surface area contributed by atoms with Crippen LogP contribution < -0.4 is 10.2 Å². The van der Waals surface area contributed by atoms with E-state index in [2.05, 4.69) is 30.3 Å². The van der Waals surface area contributed by atoms with E-state index in [9.17, 15) is 9.90 Å². The van der Waals surface area contributed by atoms with Crippen LogP contribution in [-0.4, -0.2) is 37.3 Å². The second-order valence-electron chi connectivity index (χ2n) is 5.71. The molecule has 2 N–H and O–H groups in total. The highest BCUT2D eigenvalue weighted by molar-refractivity contribution is 5.81. The van der Waals surface area contributed by atoms with Crippen molar-refractivity contribution in [3.8, 4) is 0 Å². The van der Waals surface area contributed by atoms with Gasteiger partial charge in [0, 0.05) is 31.2 Å². The molecular weight excluding hydrogens is 240 g/mol. The van der Waals surface area contributed by atoms with Crippen molar-refractivity contribution in [1.82, 2.24) is 5.32 Å². The van der Waals surface area contributed by atoms with Crippen molar-refractivity contribution in [2.75, 3.05) is 25.0 Å². The number of piperidine rings is 1. The quantitative estimate of drug-likeness (QED) is 0.805. The van der Waals surface area contributed by atoms with Crippen LogP contribution in [0.25, 0.3) is 0 Å². The highest BCUT2D eigenvalue weighted by Gasteiger charge is 2.44. The number of carboxylic acids is 1. The summed E-state index contributed by atoms with van der Waals surface area (Å²) >= 11 is 0. The molecule has 0 aromatic heterocycles. The second-order valence-corrected chi connectivity index (χ2v) is 5.71. The zero-order chi connectivity index (χ0) is 13.6. The van der Waals surface area contributed by atoms with E-state index < -0.39 is 5.97 Å². The monoisotopic (exact) mass is 260 g/mol. The smallest absolute Gasteiger partial charge is 0.311 e. The molecule has 3 atom stereocenters. The third-order valence-electron chi connectivity index (χ3n) is 4.58. The highest BCUT2D eigenvalue weighted by atomic mass is 16.4. The summed E-state index contributed by atoms with van der Waals surface area (Å²) in [7, 11) is 2.10. The maximum absolute atomic E-state index is 11.7. The Morgan fingerprint density at radius 3 is 3.00 bits per heavy atom. The number of nitrogens with one attached hydrogen (secondary N) is 1. The second kappa shape index (κ2) is 4.53. The number of aryl methyl sites for hydroxylation is 1. The molecule has 1 aromatic carbocycles. The third kappa shape index (κ3) is 1.91. The number of aliphatic carboxylic acids is 1. The number of hydrogen-bond donors (Lipinski definition) is 2. The molecule has 102 valence electrons. The van der Waals surface area contributed by atoms with Crippen LogP contribution in [0.4, 0.5) is 5.69 Å². The summed E-state index contributed by atoms with van der Waals surface area (Å²) in [5, 5.41) is 13.0. The zero-order valence-electron chi connectivity index (χ0n) is 11.4. The summed E-state index contributed by atoms with van der Waals surface area (Å²) in [6.07, 6.45) is 1.01. The van der Waals surface area contributed by atoms with E-state index in [1.54, 1.807) is 0 Å². The van der Waals surface area contributed by atoms with Crippen LogP contribution in [0, 0.1) is 12.8 Å². The number of benzene rings is 1. The van der Waals surface area contributed by atoms with Gasteiger partial charge in [-0.15, -0.1) is 0 Å². The number of fused-ring (bicyclic) bond motifs is 2. The molecule has 2 aliphatic rings. The van der Waals surface area contributed by atoms with E-state index in [-0.39, 0.29) is 11.8 Å². The first kappa shape index (κ1) is 12.5. The molecule has 0 bridgehead atoms. The molecule has 1 saturated heterocycles. The van der Waals surface area contributed by atoms with Crippen molar-refractivity contribution in [2.24, 2.45) is 5.92 Å². The van der Waals surface area contributed by atoms with Crippen LogP contribution in [0.2, 0.25) is 0 Å². The fourth-order valence-corrected chi connectivity index (χ4v) is 3.64. The summed E-state index contributed by atoms with van der Waals surface area (Å²) in [6, 6.07) is 6.45. The van der Waals surface area contributed by atoms with Gasteiger partial charge in [0.25, 0.3) is 0 Å². The Morgan fingerprint density at radius 1 is 1.47 bits per heavy atom. The van der Waals surface area contributed by atoms with Crippen molar-refractivity contribution in [2.45, 2.75) is 25.3 Å². The Balaban J connectivity index is 2.13. The summed E-state index contributed by atoms with van der Waals surface area (Å²) < 4.78 is 0. The summed E-state index contributed by atoms with van der Waals surface area (Å²) in [4.78, 5) is 14.0. The minimum absolute atomic E-state index is 0.159. The molecule has 2 heterocycles. The fourth-order valence-electron chi connectivity index (χ4n) is 3.64. The lowest BCUT2D eigenvalue weighted by molar-refractivity contribution is -0.140. The van der Waals surface area contributed by atoms with E-state index >= 15 is 0 Å². The fraction of sp³-hybridized carbons (Fsp3) is 0.533. The average molecular weight is 260 g/mol. The van der Waals surface area contributed by atoms with Gasteiger partial charge in [0.05, 0.1) is 5.92 Å². The molecule has 2 aliphatic heterocycles. The van der Waals surface area contributed by atoms with Gasteiger partial charge in [-0.1, -0.05) is 12.1 Å². The van der Waals surface area contributed by atoms with E-state index in [1.165, 1.54) is 5.56 Å². The minimum atomic E-state index is -0.697. The SMILES string of the molecule is Cc1ccc2c(c1)N(C)C1CCNCC1C2C(=O)O. The molecule has 1 aromatic rings. The number of rotatable bonds is 1. The molecule has 0 radical (unpaired) electrons. The maximum Gasteiger partial charge on any atom is 0.311 e. The molecule has 4 nitrogen and oxygen atoms in total. The van der Waals surface area contributed by atoms with Crippen molar-refractivity contribution in [1.29, 1.82) is 0 Å². The molecule has 0 amide bonds. The largest absolute Gasteiger partial charge is 0.481 e. The van der Waals surface area contributed by atoms with Crippen LogP contribution in [0.3, 0.4) is 0 Å². The van der Waals surface area contributed by atoms with Gasteiger partial charge in [0.2, 0.25) is 0 Å². The first-order chi connectivity index (χ1) is 9.09. The zero-order valence-corrected chi connectivity index (χ0v) is 11.4. The summed E-state index contributed by atoms with van der Waals surface area (Å²) in [5.74, 6) is -0.923. The predicted octanol–water partition coefficient (Wildman–Crippen LogP) is 1.59. The Kier molecular flexibility index (Phi) is 2.97. The average Bonchev–Trinajstić information content (AvgIpc) is 2.39. The van der Waals surface area contributed by atoms with E-state index in [4.69, 9.17) is 0 Å². The van der Waals surface area contributed by atoms with Crippen molar-refractivity contribution < 1.29 is 9.90 Å². The molecule has 4 heteroatoms. The first-order valence-corrected chi connectivity index (χ1v) is 6.86. The molecule has 19 heavy (non-hydrogen) atoms. The van der Waals surface area contributed by atoms with Gasteiger partial charge in [0.1, 0.15) is 0 Å². The standard InChI is InChI=1S/C15H20N2O2/c1-9-3-4-10-13(7-9)17(2)12-5-6-16-8-11(12)14(10)15(18)19/h3-4,7,11-12,14,16H,5-6,8H2,1-2H3,(H,18,19). The van der Waals surface area contributed by atoms with Gasteiger partial charge in [0.15, 0.2) is 0 Å². The Morgan fingerprint density at radius 2 is 2.26 bits per heavy atom. The molecule has 0 aliphatic carbocycles. The first-order valence-electron chi connectivity index (χ1n) is 6.86. The molecule has 0 saturated carbocycles. The molecule has 1 fully saturated rings. The maximum atomic E-state index is 11.7. The van der Waals surface area contributed by atoms with E-state index in [0.717, 1.165) is 30.8 Å². The molecule has 3 unspecified atom stereocenters. The summed E-state index contributed by atoms with van der Waals surface area (Å²) in [6.45, 7) is 3.82. The van der Waals surface area contributed by atoms with Gasteiger partial charge in [-0.05, 0) is 37.1 Å². The molecular formula is C15H20N2O2. The molecule has 3 rings (SSSR count). The van der Waals surface area contributed by atoms with Crippen LogP contribution in [0.1, 0.15) is 23.5 Å². The topological polar surface area (TPSA) is 52.6 Å². The van der Waals surface area contributed by atoms with Gasteiger partial charge in [-0.3, -0.25) is 4.79 Å². The Hall–Kier alpha value is -1.55. The van der Waals surface area contributed by atoms with Crippen LogP contribution in [0.5, 0.6) is 0 Å². The van der Waals surface area contributed by atoms with Crippen molar-refractivity contribution in [3.63, 3.8) is 0 Å².